The summed E-state index contributed by atoms with van der Waals surface area (Å²) in [5, 5.41) is 12.1. The maximum Gasteiger partial charge on any atom is 0.317 e. The van der Waals surface area contributed by atoms with E-state index in [1.165, 1.54) is 12.8 Å². The number of aromatic nitrogens is 1. The number of pyridine rings is 1. The van der Waals surface area contributed by atoms with Crippen molar-refractivity contribution in [2.45, 2.75) is 31.7 Å². The summed E-state index contributed by atoms with van der Waals surface area (Å²) < 4.78 is 0. The summed E-state index contributed by atoms with van der Waals surface area (Å²) in [6, 6.07) is 6.00. The first-order valence-corrected chi connectivity index (χ1v) is 9.44. The molecule has 0 aromatic carbocycles. The zero-order valence-electron chi connectivity index (χ0n) is 15.1. The maximum atomic E-state index is 12.6. The number of rotatable bonds is 7. The molecule has 1 aliphatic carbocycles. The van der Waals surface area contributed by atoms with Crippen LogP contribution in [-0.4, -0.2) is 65.8 Å². The van der Waals surface area contributed by atoms with E-state index in [1.807, 2.05) is 30.1 Å². The molecule has 2 fully saturated rings. The summed E-state index contributed by atoms with van der Waals surface area (Å²) in [4.78, 5) is 21.2. The van der Waals surface area contributed by atoms with Crippen LogP contribution in [0.2, 0.25) is 0 Å². The third-order valence-corrected chi connectivity index (χ3v) is 5.46. The molecule has 1 saturated heterocycles. The number of aliphatic hydroxyl groups is 1. The lowest BCUT2D eigenvalue weighted by Gasteiger charge is -2.33. The summed E-state index contributed by atoms with van der Waals surface area (Å²) >= 11 is 0. The van der Waals surface area contributed by atoms with Crippen LogP contribution in [0.4, 0.5) is 4.79 Å². The molecule has 1 unspecified atom stereocenters. The Kier molecular flexibility index (Phi) is 6.26. The Morgan fingerprint density at radius 3 is 2.72 bits per heavy atom. The first-order valence-electron chi connectivity index (χ1n) is 9.44. The molecule has 1 atom stereocenters. The standard InChI is InChI=1S/C19H30N4O2/c1-22(18(16-5-6-16)17-4-2-3-9-20-17)19(25)21-14-15-7-10-23(11-8-15)12-13-24/h2-4,9,15-16,18,24H,5-8,10-14H2,1H3,(H,21,25). The van der Waals surface area contributed by atoms with Crippen LogP contribution in [0.1, 0.15) is 37.4 Å². The number of aliphatic hydroxyl groups excluding tert-OH is 1. The molecular weight excluding hydrogens is 316 g/mol. The van der Waals surface area contributed by atoms with E-state index >= 15 is 0 Å². The number of urea groups is 1. The Hall–Kier alpha value is -1.66. The highest BCUT2D eigenvalue weighted by Gasteiger charge is 2.37. The highest BCUT2D eigenvalue weighted by Crippen LogP contribution is 2.43. The zero-order valence-corrected chi connectivity index (χ0v) is 15.1. The second kappa shape index (κ2) is 8.63. The fraction of sp³-hybridized carbons (Fsp3) is 0.684. The van der Waals surface area contributed by atoms with Crippen molar-refractivity contribution in [2.75, 3.05) is 39.8 Å². The van der Waals surface area contributed by atoms with Crippen molar-refractivity contribution in [3.63, 3.8) is 0 Å². The first-order chi connectivity index (χ1) is 12.2. The number of carbonyl (C=O) groups excluding carboxylic acids is 1. The smallest absolute Gasteiger partial charge is 0.317 e. The summed E-state index contributed by atoms with van der Waals surface area (Å²) in [5.74, 6) is 1.06. The molecule has 1 aromatic heterocycles. The first kappa shape index (κ1) is 18.1. The van der Waals surface area contributed by atoms with Gasteiger partial charge in [-0.2, -0.15) is 0 Å². The highest BCUT2D eigenvalue weighted by atomic mass is 16.3. The van der Waals surface area contributed by atoms with E-state index in [0.29, 0.717) is 11.8 Å². The topological polar surface area (TPSA) is 68.7 Å². The third kappa shape index (κ3) is 4.92. The summed E-state index contributed by atoms with van der Waals surface area (Å²) in [6.45, 7) is 3.73. The van der Waals surface area contributed by atoms with Crippen molar-refractivity contribution in [3.8, 4) is 0 Å². The molecule has 138 valence electrons. The molecule has 1 saturated carbocycles. The molecule has 0 radical (unpaired) electrons. The van der Waals surface area contributed by atoms with Gasteiger partial charge in [0.05, 0.1) is 18.3 Å². The van der Waals surface area contributed by atoms with Crippen LogP contribution in [0.3, 0.4) is 0 Å². The number of nitrogens with one attached hydrogen (secondary N) is 1. The predicted molar refractivity (Wildman–Crippen MR) is 97.1 cm³/mol. The van der Waals surface area contributed by atoms with Gasteiger partial charge in [0.1, 0.15) is 0 Å². The van der Waals surface area contributed by atoms with E-state index in [2.05, 4.69) is 15.2 Å². The minimum absolute atomic E-state index is 0.000316. The molecular formula is C19H30N4O2. The molecule has 1 aliphatic heterocycles. The van der Waals surface area contributed by atoms with E-state index in [0.717, 1.165) is 44.7 Å². The molecule has 0 bridgehead atoms. The largest absolute Gasteiger partial charge is 0.395 e. The molecule has 2 N–H and O–H groups in total. The van der Waals surface area contributed by atoms with Gasteiger partial charge in [0.15, 0.2) is 0 Å². The number of carbonyl (C=O) groups is 1. The summed E-state index contributed by atoms with van der Waals surface area (Å²) in [5.41, 5.74) is 0.986. The van der Waals surface area contributed by atoms with Gasteiger partial charge in [0.2, 0.25) is 0 Å². The SMILES string of the molecule is CN(C(=O)NCC1CCN(CCO)CC1)C(c1ccccn1)C1CC1. The number of hydrogen-bond acceptors (Lipinski definition) is 4. The Balaban J connectivity index is 1.49. The zero-order chi connectivity index (χ0) is 17.6. The minimum Gasteiger partial charge on any atom is -0.395 e. The molecule has 6 nitrogen and oxygen atoms in total. The van der Waals surface area contributed by atoms with Gasteiger partial charge in [-0.3, -0.25) is 4.98 Å². The monoisotopic (exact) mass is 346 g/mol. The van der Waals surface area contributed by atoms with Crippen molar-refractivity contribution >= 4 is 6.03 Å². The van der Waals surface area contributed by atoms with E-state index in [-0.39, 0.29) is 18.7 Å². The van der Waals surface area contributed by atoms with E-state index in [9.17, 15) is 4.79 Å². The average Bonchev–Trinajstić information content (AvgIpc) is 3.47. The Bertz CT molecular complexity index is 542. The Morgan fingerprint density at radius 2 is 2.12 bits per heavy atom. The van der Waals surface area contributed by atoms with Gasteiger partial charge < -0.3 is 20.2 Å². The lowest BCUT2D eigenvalue weighted by Crippen LogP contribution is -2.44. The number of β-amino-alcohol motifs (C(OH)–C–C–N with tert-alkyl or cyclic N) is 1. The maximum absolute atomic E-state index is 12.6. The number of piperidine rings is 1. The van der Waals surface area contributed by atoms with Crippen LogP contribution < -0.4 is 5.32 Å². The molecule has 2 heterocycles. The second-order valence-electron chi connectivity index (χ2n) is 7.34. The fourth-order valence-corrected chi connectivity index (χ4v) is 3.76. The van der Waals surface area contributed by atoms with E-state index in [4.69, 9.17) is 5.11 Å². The normalized spacial score (nSPS) is 20.2. The molecule has 2 aliphatic rings. The van der Waals surface area contributed by atoms with Crippen LogP contribution in [0.5, 0.6) is 0 Å². The Labute approximate surface area is 150 Å². The van der Waals surface area contributed by atoms with Gasteiger partial charge in [-0.05, 0) is 62.7 Å². The molecule has 6 heteroatoms. The van der Waals surface area contributed by atoms with Crippen molar-refractivity contribution in [2.24, 2.45) is 11.8 Å². The van der Waals surface area contributed by atoms with Crippen molar-refractivity contribution in [3.05, 3.63) is 30.1 Å². The highest BCUT2D eigenvalue weighted by molar-refractivity contribution is 5.74. The number of nitrogens with zero attached hydrogens (tertiary/aromatic N) is 3. The van der Waals surface area contributed by atoms with Gasteiger partial charge in [-0.25, -0.2) is 4.79 Å². The number of hydrogen-bond donors (Lipinski definition) is 2. The molecule has 3 rings (SSSR count). The molecule has 2 amide bonds. The molecule has 1 aromatic rings. The third-order valence-electron chi connectivity index (χ3n) is 5.46. The van der Waals surface area contributed by atoms with Crippen LogP contribution >= 0.6 is 0 Å². The molecule has 25 heavy (non-hydrogen) atoms. The van der Waals surface area contributed by atoms with Crippen molar-refractivity contribution < 1.29 is 9.90 Å². The molecule has 0 spiro atoms. The van der Waals surface area contributed by atoms with Gasteiger partial charge in [0, 0.05) is 26.3 Å². The second-order valence-corrected chi connectivity index (χ2v) is 7.34. The van der Waals surface area contributed by atoms with Crippen LogP contribution in [0, 0.1) is 11.8 Å². The average molecular weight is 346 g/mol. The van der Waals surface area contributed by atoms with E-state index < -0.39 is 0 Å². The van der Waals surface area contributed by atoms with E-state index in [1.54, 1.807) is 6.20 Å². The van der Waals surface area contributed by atoms with Crippen molar-refractivity contribution in [1.82, 2.24) is 20.1 Å². The van der Waals surface area contributed by atoms with Gasteiger partial charge in [-0.1, -0.05) is 6.07 Å². The lowest BCUT2D eigenvalue weighted by atomic mass is 9.97. The van der Waals surface area contributed by atoms with Gasteiger partial charge >= 0.3 is 6.03 Å². The summed E-state index contributed by atoms with van der Waals surface area (Å²) in [6.07, 6.45) is 6.30. The Morgan fingerprint density at radius 1 is 1.36 bits per heavy atom. The van der Waals surface area contributed by atoms with Crippen LogP contribution in [0.25, 0.3) is 0 Å². The van der Waals surface area contributed by atoms with Crippen LogP contribution in [0.15, 0.2) is 24.4 Å². The van der Waals surface area contributed by atoms with Crippen LogP contribution in [-0.2, 0) is 0 Å². The van der Waals surface area contributed by atoms with Gasteiger partial charge in [-0.15, -0.1) is 0 Å². The fourth-order valence-electron chi connectivity index (χ4n) is 3.76. The quantitative estimate of drug-likeness (QED) is 0.791. The number of amides is 2. The number of likely N-dealkylation sites (tertiary alicyclic amines) is 1. The van der Waals surface area contributed by atoms with Gasteiger partial charge in [0.25, 0.3) is 0 Å². The summed E-state index contributed by atoms with van der Waals surface area (Å²) in [7, 11) is 1.89. The van der Waals surface area contributed by atoms with Crippen molar-refractivity contribution in [1.29, 1.82) is 0 Å². The predicted octanol–water partition coefficient (Wildman–Crippen LogP) is 1.88. The lowest BCUT2D eigenvalue weighted by molar-refractivity contribution is 0.143. The minimum atomic E-state index is 0.000316.